The number of hydrogen-bond acceptors (Lipinski definition) is 4. The van der Waals surface area contributed by atoms with Gasteiger partial charge in [-0.05, 0) is 19.3 Å². The summed E-state index contributed by atoms with van der Waals surface area (Å²) in [5.41, 5.74) is -0.114. The lowest BCUT2D eigenvalue weighted by molar-refractivity contribution is 0.129. The second kappa shape index (κ2) is 5.54. The Labute approximate surface area is 98.6 Å². The molecule has 1 atom stereocenters. The first kappa shape index (κ1) is 11.7. The average molecular weight is 243 g/mol. The highest BCUT2D eigenvalue weighted by molar-refractivity contribution is 7.99. The highest BCUT2D eigenvalue weighted by Gasteiger charge is 2.17. The first-order valence-corrected chi connectivity index (χ1v) is 6.69. The topological polar surface area (TPSA) is 59.9 Å². The standard InChI is InChI=1S/C10H17N3O2S/c1-2-5-13-9(14)11-12-10(13)16-7-8-4-3-6-15-8/h8H,2-7H2,1H3,(H,11,14). The van der Waals surface area contributed by atoms with Crippen molar-refractivity contribution < 1.29 is 4.74 Å². The summed E-state index contributed by atoms with van der Waals surface area (Å²) in [5, 5.41) is 7.30. The van der Waals surface area contributed by atoms with Gasteiger partial charge in [0.05, 0.1) is 6.10 Å². The highest BCUT2D eigenvalue weighted by Crippen LogP contribution is 2.21. The molecule has 16 heavy (non-hydrogen) atoms. The molecule has 0 spiro atoms. The molecule has 2 rings (SSSR count). The van der Waals surface area contributed by atoms with Gasteiger partial charge in [-0.25, -0.2) is 9.89 Å². The third-order valence-electron chi connectivity index (χ3n) is 2.59. The van der Waals surface area contributed by atoms with Crippen LogP contribution in [-0.2, 0) is 11.3 Å². The minimum Gasteiger partial charge on any atom is -0.377 e. The fourth-order valence-corrected chi connectivity index (χ4v) is 2.82. The summed E-state index contributed by atoms with van der Waals surface area (Å²) in [4.78, 5) is 11.4. The van der Waals surface area contributed by atoms with Crippen molar-refractivity contribution in [1.29, 1.82) is 0 Å². The Bertz CT molecular complexity index is 382. The summed E-state index contributed by atoms with van der Waals surface area (Å²) in [6.07, 6.45) is 3.53. The van der Waals surface area contributed by atoms with Crippen molar-refractivity contribution in [3.05, 3.63) is 10.5 Å². The number of rotatable bonds is 5. The maximum absolute atomic E-state index is 11.4. The van der Waals surface area contributed by atoms with Crippen LogP contribution < -0.4 is 5.69 Å². The van der Waals surface area contributed by atoms with Gasteiger partial charge in [-0.2, -0.15) is 0 Å². The first-order chi connectivity index (χ1) is 7.81. The van der Waals surface area contributed by atoms with Crippen LogP contribution in [0.1, 0.15) is 26.2 Å². The van der Waals surface area contributed by atoms with Crippen molar-refractivity contribution in [2.75, 3.05) is 12.4 Å². The van der Waals surface area contributed by atoms with Crippen LogP contribution in [0.5, 0.6) is 0 Å². The van der Waals surface area contributed by atoms with Crippen molar-refractivity contribution in [1.82, 2.24) is 14.8 Å². The molecule has 0 aromatic carbocycles. The molecule has 1 aromatic heterocycles. The lowest BCUT2D eigenvalue weighted by Gasteiger charge is -2.08. The van der Waals surface area contributed by atoms with E-state index in [-0.39, 0.29) is 5.69 Å². The Morgan fingerprint density at radius 1 is 1.69 bits per heavy atom. The van der Waals surface area contributed by atoms with E-state index in [9.17, 15) is 4.79 Å². The fourth-order valence-electron chi connectivity index (χ4n) is 1.78. The molecule has 5 nitrogen and oxygen atoms in total. The molecular weight excluding hydrogens is 226 g/mol. The molecule has 6 heteroatoms. The summed E-state index contributed by atoms with van der Waals surface area (Å²) < 4.78 is 7.23. The molecule has 1 aliphatic rings. The van der Waals surface area contributed by atoms with Gasteiger partial charge in [0.1, 0.15) is 0 Å². The quantitative estimate of drug-likeness (QED) is 0.791. The number of ether oxygens (including phenoxy) is 1. The van der Waals surface area contributed by atoms with Crippen LogP contribution in [0.15, 0.2) is 9.95 Å². The van der Waals surface area contributed by atoms with E-state index >= 15 is 0 Å². The molecule has 1 N–H and O–H groups in total. The van der Waals surface area contributed by atoms with Crippen LogP contribution in [0, 0.1) is 0 Å². The van der Waals surface area contributed by atoms with Crippen LogP contribution in [0.25, 0.3) is 0 Å². The van der Waals surface area contributed by atoms with Gasteiger partial charge in [0.25, 0.3) is 0 Å². The van der Waals surface area contributed by atoms with E-state index < -0.39 is 0 Å². The second-order valence-electron chi connectivity index (χ2n) is 3.91. The van der Waals surface area contributed by atoms with Crippen LogP contribution in [0.2, 0.25) is 0 Å². The maximum Gasteiger partial charge on any atom is 0.343 e. The molecule has 0 amide bonds. The molecule has 1 fully saturated rings. The number of aromatic nitrogens is 3. The number of nitrogens with one attached hydrogen (secondary N) is 1. The number of H-pyrrole nitrogens is 1. The Morgan fingerprint density at radius 2 is 2.56 bits per heavy atom. The molecular formula is C10H17N3O2S. The molecule has 1 saturated heterocycles. The van der Waals surface area contributed by atoms with E-state index in [2.05, 4.69) is 10.2 Å². The van der Waals surface area contributed by atoms with Crippen molar-refractivity contribution in [3.8, 4) is 0 Å². The van der Waals surface area contributed by atoms with Crippen molar-refractivity contribution in [3.63, 3.8) is 0 Å². The third-order valence-corrected chi connectivity index (χ3v) is 3.70. The van der Waals surface area contributed by atoms with Gasteiger partial charge in [0.15, 0.2) is 5.16 Å². The summed E-state index contributed by atoms with van der Waals surface area (Å²) in [6.45, 7) is 3.64. The minimum atomic E-state index is -0.114. The fraction of sp³-hybridized carbons (Fsp3) is 0.800. The SMILES string of the molecule is CCCn1c(SCC2CCCO2)n[nH]c1=O. The molecule has 90 valence electrons. The molecule has 0 saturated carbocycles. The van der Waals surface area contributed by atoms with E-state index in [1.54, 1.807) is 16.3 Å². The lowest BCUT2D eigenvalue weighted by atomic mass is 10.3. The number of aromatic amines is 1. The van der Waals surface area contributed by atoms with Gasteiger partial charge in [-0.15, -0.1) is 5.10 Å². The summed E-state index contributed by atoms with van der Waals surface area (Å²) in [7, 11) is 0. The summed E-state index contributed by atoms with van der Waals surface area (Å²) in [5.74, 6) is 0.883. The van der Waals surface area contributed by atoms with E-state index in [1.807, 2.05) is 6.92 Å². The van der Waals surface area contributed by atoms with Crippen LogP contribution in [0.3, 0.4) is 0 Å². The third kappa shape index (κ3) is 2.68. The van der Waals surface area contributed by atoms with Gasteiger partial charge in [0, 0.05) is 18.9 Å². The predicted octanol–water partition coefficient (Wildman–Crippen LogP) is 1.25. The van der Waals surface area contributed by atoms with Crippen molar-refractivity contribution in [2.45, 2.75) is 44.0 Å². The predicted molar refractivity (Wildman–Crippen MR) is 62.8 cm³/mol. The van der Waals surface area contributed by atoms with E-state index in [0.717, 1.165) is 43.3 Å². The van der Waals surface area contributed by atoms with Crippen LogP contribution in [-0.4, -0.2) is 33.2 Å². The number of hydrogen-bond donors (Lipinski definition) is 1. The smallest absolute Gasteiger partial charge is 0.343 e. The van der Waals surface area contributed by atoms with Gasteiger partial charge >= 0.3 is 5.69 Å². The normalized spacial score (nSPS) is 20.4. The van der Waals surface area contributed by atoms with Gasteiger partial charge < -0.3 is 4.74 Å². The number of thioether (sulfide) groups is 1. The Morgan fingerprint density at radius 3 is 3.25 bits per heavy atom. The molecule has 2 heterocycles. The lowest BCUT2D eigenvalue weighted by Crippen LogP contribution is -2.18. The Hall–Kier alpha value is -0.750. The summed E-state index contributed by atoms with van der Waals surface area (Å²) >= 11 is 1.60. The van der Waals surface area contributed by atoms with E-state index in [1.165, 1.54) is 0 Å². The van der Waals surface area contributed by atoms with Gasteiger partial charge in [-0.3, -0.25) is 4.57 Å². The Kier molecular flexibility index (Phi) is 4.06. The van der Waals surface area contributed by atoms with Crippen molar-refractivity contribution >= 4 is 11.8 Å². The zero-order chi connectivity index (χ0) is 11.4. The molecule has 1 aliphatic heterocycles. The van der Waals surface area contributed by atoms with E-state index in [0.29, 0.717) is 6.10 Å². The minimum absolute atomic E-state index is 0.114. The zero-order valence-electron chi connectivity index (χ0n) is 9.44. The second-order valence-corrected chi connectivity index (χ2v) is 4.90. The molecule has 1 aromatic rings. The summed E-state index contributed by atoms with van der Waals surface area (Å²) in [6, 6.07) is 0. The van der Waals surface area contributed by atoms with Gasteiger partial charge in [0.2, 0.25) is 0 Å². The largest absolute Gasteiger partial charge is 0.377 e. The molecule has 1 unspecified atom stereocenters. The van der Waals surface area contributed by atoms with Crippen LogP contribution in [0.4, 0.5) is 0 Å². The average Bonchev–Trinajstić information content (AvgIpc) is 2.89. The zero-order valence-corrected chi connectivity index (χ0v) is 10.3. The maximum atomic E-state index is 11.4. The molecule has 0 bridgehead atoms. The molecule has 0 radical (unpaired) electrons. The van der Waals surface area contributed by atoms with Gasteiger partial charge in [-0.1, -0.05) is 18.7 Å². The first-order valence-electron chi connectivity index (χ1n) is 5.71. The van der Waals surface area contributed by atoms with Crippen molar-refractivity contribution in [2.24, 2.45) is 0 Å². The number of nitrogens with zero attached hydrogens (tertiary/aromatic N) is 2. The molecule has 0 aliphatic carbocycles. The monoisotopic (exact) mass is 243 g/mol. The van der Waals surface area contributed by atoms with Crippen LogP contribution >= 0.6 is 11.8 Å². The highest BCUT2D eigenvalue weighted by atomic mass is 32.2. The Balaban J connectivity index is 1.95. The van der Waals surface area contributed by atoms with E-state index in [4.69, 9.17) is 4.74 Å².